The molecule has 0 aliphatic heterocycles. The highest BCUT2D eigenvalue weighted by molar-refractivity contribution is 5.81. The molecule has 1 aliphatic carbocycles. The number of hydrogen-bond acceptors (Lipinski definition) is 4. The second-order valence-corrected chi connectivity index (χ2v) is 5.35. The fraction of sp³-hybridized carbons (Fsp3) is 0.533. The molecule has 2 rings (SSSR count). The minimum Gasteiger partial charge on any atom is -0.468 e. The van der Waals surface area contributed by atoms with Gasteiger partial charge < -0.3 is 9.84 Å². The molecule has 1 aromatic carbocycles. The summed E-state index contributed by atoms with van der Waals surface area (Å²) in [5.41, 5.74) is -0.520. The third-order valence-corrected chi connectivity index (χ3v) is 4.00. The molecule has 0 amide bonds. The molecule has 21 heavy (non-hydrogen) atoms. The normalized spacial score (nSPS) is 18.5. The number of halogens is 2. The Bertz CT molecular complexity index is 516. The number of rotatable bonds is 5. The van der Waals surface area contributed by atoms with Crippen LogP contribution in [0.2, 0.25) is 0 Å². The number of carbonyl (C=O) groups excluding carboxylic acids is 1. The first-order chi connectivity index (χ1) is 9.98. The van der Waals surface area contributed by atoms with E-state index in [1.165, 1.54) is 13.2 Å². The fourth-order valence-corrected chi connectivity index (χ4v) is 2.76. The molecule has 0 bridgehead atoms. The van der Waals surface area contributed by atoms with E-state index in [9.17, 15) is 18.7 Å². The van der Waals surface area contributed by atoms with Crippen molar-refractivity contribution in [2.75, 3.05) is 13.7 Å². The molecule has 2 N–H and O–H groups in total. The smallest absolute Gasteiger partial charge is 0.326 e. The van der Waals surface area contributed by atoms with Gasteiger partial charge in [0, 0.05) is 6.54 Å². The lowest BCUT2D eigenvalue weighted by atomic mass is 9.97. The highest BCUT2D eigenvalue weighted by Crippen LogP contribution is 2.31. The molecule has 1 fully saturated rings. The number of methoxy groups -OCH3 is 1. The van der Waals surface area contributed by atoms with E-state index in [2.05, 4.69) is 5.32 Å². The number of aliphatic hydroxyl groups excluding tert-OH is 1. The van der Waals surface area contributed by atoms with Gasteiger partial charge in [-0.05, 0) is 30.5 Å². The largest absolute Gasteiger partial charge is 0.468 e. The summed E-state index contributed by atoms with van der Waals surface area (Å²) in [6.45, 7) is 0.0696. The quantitative estimate of drug-likeness (QED) is 0.817. The van der Waals surface area contributed by atoms with E-state index in [0.717, 1.165) is 25.0 Å². The Labute approximate surface area is 122 Å². The predicted octanol–water partition coefficient (Wildman–Crippen LogP) is 2.07. The average molecular weight is 299 g/mol. The average Bonchev–Trinajstić information content (AvgIpc) is 2.97. The summed E-state index contributed by atoms with van der Waals surface area (Å²) in [4.78, 5) is 11.9. The molecule has 0 saturated heterocycles. The molecular formula is C15H19F2NO3. The maximum absolute atomic E-state index is 13.2. The van der Waals surface area contributed by atoms with E-state index in [4.69, 9.17) is 4.74 Å². The number of nitrogens with one attached hydrogen (secondary N) is 1. The minimum atomic E-state index is -1.03. The molecule has 4 nitrogen and oxygen atoms in total. The Morgan fingerprint density at radius 3 is 2.62 bits per heavy atom. The van der Waals surface area contributed by atoms with Crippen molar-refractivity contribution in [2.45, 2.75) is 37.3 Å². The number of aliphatic hydroxyl groups is 1. The number of hydrogen-bond donors (Lipinski definition) is 2. The van der Waals surface area contributed by atoms with Crippen LogP contribution in [0, 0.1) is 11.6 Å². The molecule has 1 saturated carbocycles. The van der Waals surface area contributed by atoms with E-state index in [0.29, 0.717) is 12.8 Å². The number of esters is 1. The predicted molar refractivity (Wildman–Crippen MR) is 72.5 cm³/mol. The standard InChI is InChI=1S/C15H19F2NO3/c1-21-14(20)15(6-2-3-7-15)18-9-13(19)10-4-5-11(16)12(17)8-10/h4-5,8,13,18-19H,2-3,6-7,9H2,1H3. The van der Waals surface area contributed by atoms with Crippen LogP contribution in [0.15, 0.2) is 18.2 Å². The molecule has 1 unspecified atom stereocenters. The molecule has 1 atom stereocenters. The Morgan fingerprint density at radius 2 is 2.05 bits per heavy atom. The van der Waals surface area contributed by atoms with Crippen LogP contribution in [-0.2, 0) is 9.53 Å². The Balaban J connectivity index is 2.03. The maximum atomic E-state index is 13.2. The second kappa shape index (κ2) is 6.49. The SMILES string of the molecule is COC(=O)C1(NCC(O)c2ccc(F)c(F)c2)CCCC1. The minimum absolute atomic E-state index is 0.0696. The van der Waals surface area contributed by atoms with Gasteiger partial charge in [0.15, 0.2) is 11.6 Å². The van der Waals surface area contributed by atoms with Crippen molar-refractivity contribution >= 4 is 5.97 Å². The van der Waals surface area contributed by atoms with Gasteiger partial charge >= 0.3 is 5.97 Å². The number of carbonyl (C=O) groups is 1. The fourth-order valence-electron chi connectivity index (χ4n) is 2.76. The van der Waals surface area contributed by atoms with Gasteiger partial charge in [0.05, 0.1) is 13.2 Å². The van der Waals surface area contributed by atoms with E-state index in [-0.39, 0.29) is 18.1 Å². The lowest BCUT2D eigenvalue weighted by molar-refractivity contribution is -0.148. The summed E-state index contributed by atoms with van der Waals surface area (Å²) < 4.78 is 30.8. The summed E-state index contributed by atoms with van der Waals surface area (Å²) >= 11 is 0. The molecule has 6 heteroatoms. The van der Waals surface area contributed by atoms with Gasteiger partial charge in [0.2, 0.25) is 0 Å². The van der Waals surface area contributed by atoms with Crippen molar-refractivity contribution in [3.63, 3.8) is 0 Å². The van der Waals surface area contributed by atoms with Gasteiger partial charge in [-0.2, -0.15) is 0 Å². The monoisotopic (exact) mass is 299 g/mol. The lowest BCUT2D eigenvalue weighted by Crippen LogP contribution is -2.51. The Kier molecular flexibility index (Phi) is 4.90. The maximum Gasteiger partial charge on any atom is 0.326 e. The van der Waals surface area contributed by atoms with Crippen LogP contribution in [0.1, 0.15) is 37.4 Å². The van der Waals surface area contributed by atoms with Crippen LogP contribution in [0.5, 0.6) is 0 Å². The number of benzene rings is 1. The Morgan fingerprint density at radius 1 is 1.38 bits per heavy atom. The van der Waals surface area contributed by atoms with Gasteiger partial charge in [-0.3, -0.25) is 10.1 Å². The molecule has 1 aliphatic rings. The number of ether oxygens (including phenoxy) is 1. The summed E-state index contributed by atoms with van der Waals surface area (Å²) in [6.07, 6.45) is 2.07. The third kappa shape index (κ3) is 3.39. The van der Waals surface area contributed by atoms with Crippen molar-refractivity contribution in [1.82, 2.24) is 5.32 Å². The molecule has 1 aromatic rings. The lowest BCUT2D eigenvalue weighted by Gasteiger charge is -2.28. The molecule has 0 spiro atoms. The van der Waals surface area contributed by atoms with E-state index >= 15 is 0 Å². The van der Waals surface area contributed by atoms with Crippen molar-refractivity contribution in [2.24, 2.45) is 0 Å². The van der Waals surface area contributed by atoms with Crippen molar-refractivity contribution < 1.29 is 23.4 Å². The molecule has 0 radical (unpaired) electrons. The highest BCUT2D eigenvalue weighted by Gasteiger charge is 2.42. The molecule has 116 valence electrons. The second-order valence-electron chi connectivity index (χ2n) is 5.35. The first kappa shape index (κ1) is 15.9. The van der Waals surface area contributed by atoms with Crippen LogP contribution in [0.4, 0.5) is 8.78 Å². The molecular weight excluding hydrogens is 280 g/mol. The summed E-state index contributed by atoms with van der Waals surface area (Å²) in [6, 6.07) is 3.25. The first-order valence-corrected chi connectivity index (χ1v) is 6.95. The number of β-amino-alcohol motifs (C(OH)–C–C–N with tert-alkyl or cyclic N) is 1. The summed E-state index contributed by atoms with van der Waals surface area (Å²) in [7, 11) is 1.33. The summed E-state index contributed by atoms with van der Waals surface area (Å²) in [5, 5.41) is 13.1. The molecule has 0 heterocycles. The Hall–Kier alpha value is -1.53. The van der Waals surface area contributed by atoms with Gasteiger partial charge in [0.25, 0.3) is 0 Å². The van der Waals surface area contributed by atoms with Crippen LogP contribution in [0.3, 0.4) is 0 Å². The van der Waals surface area contributed by atoms with E-state index < -0.39 is 23.3 Å². The van der Waals surface area contributed by atoms with Crippen LogP contribution in [-0.4, -0.2) is 30.3 Å². The summed E-state index contributed by atoms with van der Waals surface area (Å²) in [5.74, 6) is -2.31. The van der Waals surface area contributed by atoms with Gasteiger partial charge in [-0.25, -0.2) is 8.78 Å². The highest BCUT2D eigenvalue weighted by atomic mass is 19.2. The van der Waals surface area contributed by atoms with Crippen LogP contribution < -0.4 is 5.32 Å². The zero-order chi connectivity index (χ0) is 15.5. The zero-order valence-electron chi connectivity index (χ0n) is 11.9. The van der Waals surface area contributed by atoms with Gasteiger partial charge in [-0.1, -0.05) is 18.9 Å². The van der Waals surface area contributed by atoms with Crippen LogP contribution in [0.25, 0.3) is 0 Å². The van der Waals surface area contributed by atoms with Crippen molar-refractivity contribution in [1.29, 1.82) is 0 Å². The third-order valence-electron chi connectivity index (χ3n) is 4.00. The van der Waals surface area contributed by atoms with Crippen molar-refractivity contribution in [3.05, 3.63) is 35.4 Å². The van der Waals surface area contributed by atoms with E-state index in [1.807, 2.05) is 0 Å². The zero-order valence-corrected chi connectivity index (χ0v) is 11.9. The topological polar surface area (TPSA) is 58.6 Å². The van der Waals surface area contributed by atoms with Gasteiger partial charge in [0.1, 0.15) is 5.54 Å². The molecule has 0 aromatic heterocycles. The van der Waals surface area contributed by atoms with E-state index in [1.54, 1.807) is 0 Å². The van der Waals surface area contributed by atoms with Crippen LogP contribution >= 0.6 is 0 Å². The van der Waals surface area contributed by atoms with Gasteiger partial charge in [-0.15, -0.1) is 0 Å². The first-order valence-electron chi connectivity index (χ1n) is 6.95. The van der Waals surface area contributed by atoms with Crippen molar-refractivity contribution in [3.8, 4) is 0 Å².